The number of nitrogens with zero attached hydrogens (tertiary/aromatic N) is 2. The van der Waals surface area contributed by atoms with E-state index in [9.17, 15) is 0 Å². The van der Waals surface area contributed by atoms with Crippen LogP contribution in [0.4, 0.5) is 0 Å². The SMILES string of the molecule is CCC(c1ccccc1)n1cncc1C1CCCC(C)N1. The molecule has 0 amide bonds. The van der Waals surface area contributed by atoms with Crippen LogP contribution in [-0.4, -0.2) is 15.6 Å². The Morgan fingerprint density at radius 3 is 2.81 bits per heavy atom. The first-order valence-electron chi connectivity index (χ1n) is 8.12. The monoisotopic (exact) mass is 283 g/mol. The minimum absolute atomic E-state index is 0.378. The number of imidazole rings is 1. The van der Waals surface area contributed by atoms with Crippen LogP contribution in [0, 0.1) is 0 Å². The largest absolute Gasteiger partial charge is 0.326 e. The van der Waals surface area contributed by atoms with Crippen molar-refractivity contribution in [2.24, 2.45) is 0 Å². The summed E-state index contributed by atoms with van der Waals surface area (Å²) in [6.07, 6.45) is 8.91. The van der Waals surface area contributed by atoms with Crippen molar-refractivity contribution in [1.29, 1.82) is 0 Å². The Bertz CT molecular complexity index is 561. The molecule has 1 aliphatic heterocycles. The molecule has 3 heteroatoms. The van der Waals surface area contributed by atoms with Gasteiger partial charge in [-0.1, -0.05) is 37.3 Å². The number of hydrogen-bond donors (Lipinski definition) is 1. The van der Waals surface area contributed by atoms with Gasteiger partial charge in [0, 0.05) is 18.3 Å². The number of piperidine rings is 1. The van der Waals surface area contributed by atoms with E-state index in [1.807, 2.05) is 12.5 Å². The van der Waals surface area contributed by atoms with Crippen molar-refractivity contribution in [1.82, 2.24) is 14.9 Å². The topological polar surface area (TPSA) is 29.9 Å². The van der Waals surface area contributed by atoms with Crippen molar-refractivity contribution in [3.8, 4) is 0 Å². The van der Waals surface area contributed by atoms with Gasteiger partial charge in [-0.25, -0.2) is 4.98 Å². The molecule has 3 unspecified atom stereocenters. The summed E-state index contributed by atoms with van der Waals surface area (Å²) in [4.78, 5) is 4.44. The second-order valence-corrected chi connectivity index (χ2v) is 6.11. The van der Waals surface area contributed by atoms with Gasteiger partial charge in [0.2, 0.25) is 0 Å². The third-order valence-electron chi connectivity index (χ3n) is 4.58. The van der Waals surface area contributed by atoms with Crippen LogP contribution < -0.4 is 5.32 Å². The summed E-state index contributed by atoms with van der Waals surface area (Å²) in [5.41, 5.74) is 2.69. The highest BCUT2D eigenvalue weighted by atomic mass is 15.1. The Kier molecular flexibility index (Phi) is 4.39. The molecule has 1 N–H and O–H groups in total. The van der Waals surface area contributed by atoms with Crippen molar-refractivity contribution in [2.45, 2.75) is 57.7 Å². The number of hydrogen-bond acceptors (Lipinski definition) is 2. The molecule has 21 heavy (non-hydrogen) atoms. The fourth-order valence-electron chi connectivity index (χ4n) is 3.48. The van der Waals surface area contributed by atoms with E-state index in [-0.39, 0.29) is 0 Å². The van der Waals surface area contributed by atoms with Crippen LogP contribution in [0.15, 0.2) is 42.9 Å². The van der Waals surface area contributed by atoms with Crippen LogP contribution in [0.25, 0.3) is 0 Å². The van der Waals surface area contributed by atoms with Gasteiger partial charge in [0.25, 0.3) is 0 Å². The lowest BCUT2D eigenvalue weighted by Crippen LogP contribution is -2.36. The predicted octanol–water partition coefficient (Wildman–Crippen LogP) is 4.09. The molecule has 1 aromatic carbocycles. The molecule has 1 aromatic heterocycles. The zero-order chi connectivity index (χ0) is 14.7. The van der Waals surface area contributed by atoms with Crippen molar-refractivity contribution < 1.29 is 0 Å². The Hall–Kier alpha value is -1.61. The average Bonchev–Trinajstić information content (AvgIpc) is 2.98. The molecule has 3 rings (SSSR count). The van der Waals surface area contributed by atoms with Crippen molar-refractivity contribution >= 4 is 0 Å². The van der Waals surface area contributed by atoms with Crippen LogP contribution in [0.2, 0.25) is 0 Å². The summed E-state index contributed by atoms with van der Waals surface area (Å²) >= 11 is 0. The van der Waals surface area contributed by atoms with E-state index in [2.05, 4.69) is 59.0 Å². The molecule has 1 saturated heterocycles. The lowest BCUT2D eigenvalue weighted by Gasteiger charge is -2.31. The van der Waals surface area contributed by atoms with E-state index in [1.54, 1.807) is 0 Å². The summed E-state index contributed by atoms with van der Waals surface area (Å²) in [7, 11) is 0. The molecule has 0 bridgehead atoms. The van der Waals surface area contributed by atoms with E-state index in [1.165, 1.54) is 30.5 Å². The highest BCUT2D eigenvalue weighted by Gasteiger charge is 2.24. The smallest absolute Gasteiger partial charge is 0.0954 e. The number of aromatic nitrogens is 2. The number of benzene rings is 1. The molecule has 3 nitrogen and oxygen atoms in total. The third-order valence-corrected chi connectivity index (χ3v) is 4.58. The van der Waals surface area contributed by atoms with E-state index in [0.717, 1.165) is 6.42 Å². The Morgan fingerprint density at radius 1 is 1.29 bits per heavy atom. The first kappa shape index (κ1) is 14.3. The first-order chi connectivity index (χ1) is 10.3. The highest BCUT2D eigenvalue weighted by molar-refractivity contribution is 5.22. The molecule has 112 valence electrons. The van der Waals surface area contributed by atoms with E-state index < -0.39 is 0 Å². The summed E-state index contributed by atoms with van der Waals surface area (Å²) < 4.78 is 2.37. The maximum absolute atomic E-state index is 4.44. The number of rotatable bonds is 4. The van der Waals surface area contributed by atoms with Gasteiger partial charge in [-0.15, -0.1) is 0 Å². The highest BCUT2D eigenvalue weighted by Crippen LogP contribution is 2.30. The minimum atomic E-state index is 0.378. The summed E-state index contributed by atoms with van der Waals surface area (Å²) in [6.45, 7) is 4.53. The van der Waals surface area contributed by atoms with Crippen molar-refractivity contribution in [3.05, 3.63) is 54.1 Å². The second-order valence-electron chi connectivity index (χ2n) is 6.11. The van der Waals surface area contributed by atoms with Gasteiger partial charge in [-0.05, 0) is 38.2 Å². The maximum atomic E-state index is 4.44. The fourth-order valence-corrected chi connectivity index (χ4v) is 3.48. The first-order valence-corrected chi connectivity index (χ1v) is 8.12. The third kappa shape index (κ3) is 3.03. The summed E-state index contributed by atoms with van der Waals surface area (Å²) in [6, 6.07) is 12.2. The van der Waals surface area contributed by atoms with Crippen LogP contribution >= 0.6 is 0 Å². The Balaban J connectivity index is 1.90. The van der Waals surface area contributed by atoms with Gasteiger partial charge in [0.15, 0.2) is 0 Å². The predicted molar refractivity (Wildman–Crippen MR) is 86.3 cm³/mol. The molecule has 0 radical (unpaired) electrons. The minimum Gasteiger partial charge on any atom is -0.326 e. The van der Waals surface area contributed by atoms with E-state index in [4.69, 9.17) is 0 Å². The fraction of sp³-hybridized carbons (Fsp3) is 0.500. The summed E-state index contributed by atoms with van der Waals surface area (Å²) in [5, 5.41) is 3.73. The van der Waals surface area contributed by atoms with E-state index >= 15 is 0 Å². The van der Waals surface area contributed by atoms with Crippen LogP contribution in [0.5, 0.6) is 0 Å². The van der Waals surface area contributed by atoms with Crippen LogP contribution in [-0.2, 0) is 0 Å². The molecular weight excluding hydrogens is 258 g/mol. The van der Waals surface area contributed by atoms with Gasteiger partial charge in [0.1, 0.15) is 0 Å². The van der Waals surface area contributed by atoms with Gasteiger partial charge < -0.3 is 9.88 Å². The van der Waals surface area contributed by atoms with Gasteiger partial charge >= 0.3 is 0 Å². The molecular formula is C18H25N3. The van der Waals surface area contributed by atoms with E-state index in [0.29, 0.717) is 18.1 Å². The van der Waals surface area contributed by atoms with Crippen molar-refractivity contribution in [2.75, 3.05) is 0 Å². The molecule has 1 fully saturated rings. The zero-order valence-electron chi connectivity index (χ0n) is 13.0. The number of nitrogens with one attached hydrogen (secondary N) is 1. The Morgan fingerprint density at radius 2 is 2.10 bits per heavy atom. The molecule has 2 aromatic rings. The summed E-state index contributed by atoms with van der Waals surface area (Å²) in [5.74, 6) is 0. The van der Waals surface area contributed by atoms with Gasteiger partial charge in [0.05, 0.1) is 18.1 Å². The second kappa shape index (κ2) is 6.44. The van der Waals surface area contributed by atoms with Crippen LogP contribution in [0.3, 0.4) is 0 Å². The van der Waals surface area contributed by atoms with Gasteiger partial charge in [-0.3, -0.25) is 0 Å². The maximum Gasteiger partial charge on any atom is 0.0954 e. The molecule has 0 aliphatic carbocycles. The molecule has 2 heterocycles. The standard InChI is InChI=1S/C18H25N3/c1-3-17(15-9-5-4-6-10-15)21-13-19-12-18(21)16-11-7-8-14(2)20-16/h4-6,9-10,12-14,16-17,20H,3,7-8,11H2,1-2H3. The quantitative estimate of drug-likeness (QED) is 0.916. The lowest BCUT2D eigenvalue weighted by molar-refractivity contribution is 0.325. The molecule has 0 saturated carbocycles. The lowest BCUT2D eigenvalue weighted by atomic mass is 9.96. The van der Waals surface area contributed by atoms with Crippen LogP contribution in [0.1, 0.15) is 62.9 Å². The Labute approximate surface area is 127 Å². The molecule has 0 spiro atoms. The van der Waals surface area contributed by atoms with Crippen molar-refractivity contribution in [3.63, 3.8) is 0 Å². The average molecular weight is 283 g/mol. The zero-order valence-corrected chi connectivity index (χ0v) is 13.0. The normalized spacial score (nSPS) is 23.9. The molecule has 3 atom stereocenters. The van der Waals surface area contributed by atoms with Gasteiger partial charge in [-0.2, -0.15) is 0 Å². The molecule has 1 aliphatic rings.